The van der Waals surface area contributed by atoms with Crippen molar-refractivity contribution in [2.24, 2.45) is 5.92 Å². The van der Waals surface area contributed by atoms with Gasteiger partial charge in [0.25, 0.3) is 0 Å². The van der Waals surface area contributed by atoms with Crippen molar-refractivity contribution in [1.29, 1.82) is 0 Å². The molecular weight excluding hydrogens is 238 g/mol. The monoisotopic (exact) mass is 263 g/mol. The smallest absolute Gasteiger partial charge is 0.0657 e. The number of ether oxygens (including phenoxy) is 1. The van der Waals surface area contributed by atoms with Crippen LogP contribution in [-0.2, 0) is 4.74 Å². The summed E-state index contributed by atoms with van der Waals surface area (Å²) in [5, 5.41) is 13.3. The van der Waals surface area contributed by atoms with Crippen LogP contribution in [0.4, 0.5) is 0 Å². The fraction of sp³-hybridized carbons (Fsp3) is 0.625. The molecule has 1 aromatic rings. The van der Waals surface area contributed by atoms with Crippen molar-refractivity contribution in [1.82, 2.24) is 5.32 Å². The fourth-order valence-electron chi connectivity index (χ4n) is 2.88. The van der Waals surface area contributed by atoms with Gasteiger partial charge in [0.05, 0.1) is 18.8 Å². The zero-order chi connectivity index (χ0) is 13.5. The Balaban J connectivity index is 1.86. The van der Waals surface area contributed by atoms with Gasteiger partial charge in [-0.1, -0.05) is 36.8 Å². The molecule has 0 saturated heterocycles. The van der Waals surface area contributed by atoms with Gasteiger partial charge in [-0.2, -0.15) is 0 Å². The summed E-state index contributed by atoms with van der Waals surface area (Å²) in [4.78, 5) is 0. The van der Waals surface area contributed by atoms with E-state index in [-0.39, 0.29) is 12.1 Å². The van der Waals surface area contributed by atoms with E-state index in [1.807, 2.05) is 6.07 Å². The first-order chi connectivity index (χ1) is 9.29. The Bertz CT molecular complexity index is 355. The van der Waals surface area contributed by atoms with Gasteiger partial charge in [-0.25, -0.2) is 0 Å². The number of hydrogen-bond acceptors (Lipinski definition) is 3. The van der Waals surface area contributed by atoms with Gasteiger partial charge >= 0.3 is 0 Å². The van der Waals surface area contributed by atoms with Gasteiger partial charge in [0.1, 0.15) is 0 Å². The third kappa shape index (κ3) is 4.60. The molecule has 2 rings (SSSR count). The number of rotatable bonds is 6. The van der Waals surface area contributed by atoms with Crippen LogP contribution in [-0.4, -0.2) is 31.5 Å². The topological polar surface area (TPSA) is 41.5 Å². The van der Waals surface area contributed by atoms with Gasteiger partial charge in [-0.05, 0) is 37.3 Å². The molecule has 0 amide bonds. The summed E-state index contributed by atoms with van der Waals surface area (Å²) in [6.07, 6.45) is 4.17. The molecule has 0 radical (unpaired) electrons. The third-order valence-electron chi connectivity index (χ3n) is 3.94. The van der Waals surface area contributed by atoms with Crippen molar-refractivity contribution in [3.05, 3.63) is 35.9 Å². The van der Waals surface area contributed by atoms with Gasteiger partial charge in [-0.3, -0.25) is 0 Å². The molecular formula is C16H25NO2. The van der Waals surface area contributed by atoms with Crippen LogP contribution in [0.3, 0.4) is 0 Å². The molecule has 0 heterocycles. The first kappa shape index (κ1) is 14.5. The molecule has 0 bridgehead atoms. The van der Waals surface area contributed by atoms with Gasteiger partial charge in [0, 0.05) is 7.11 Å². The molecule has 2 N–H and O–H groups in total. The summed E-state index contributed by atoms with van der Waals surface area (Å²) >= 11 is 0. The Morgan fingerprint density at radius 2 is 2.11 bits per heavy atom. The van der Waals surface area contributed by atoms with E-state index < -0.39 is 0 Å². The van der Waals surface area contributed by atoms with Gasteiger partial charge in [0.15, 0.2) is 0 Å². The lowest BCUT2D eigenvalue weighted by molar-refractivity contribution is 0.0966. The molecule has 3 heteroatoms. The zero-order valence-corrected chi connectivity index (χ0v) is 11.7. The van der Waals surface area contributed by atoms with Gasteiger partial charge in [-0.15, -0.1) is 0 Å². The quantitative estimate of drug-likeness (QED) is 0.828. The van der Waals surface area contributed by atoms with Crippen LogP contribution >= 0.6 is 0 Å². The van der Waals surface area contributed by atoms with E-state index in [1.165, 1.54) is 12.0 Å². The average molecular weight is 263 g/mol. The average Bonchev–Trinajstić information content (AvgIpc) is 2.44. The molecule has 0 aliphatic heterocycles. The summed E-state index contributed by atoms with van der Waals surface area (Å²) in [5.41, 5.74) is 1.26. The van der Waals surface area contributed by atoms with Crippen LogP contribution in [0, 0.1) is 5.92 Å². The minimum Gasteiger partial charge on any atom is -0.393 e. The van der Waals surface area contributed by atoms with E-state index in [0.717, 1.165) is 25.8 Å². The molecule has 3 atom stereocenters. The number of benzene rings is 1. The lowest BCUT2D eigenvalue weighted by Crippen LogP contribution is -2.33. The van der Waals surface area contributed by atoms with Crippen LogP contribution in [0.5, 0.6) is 0 Å². The van der Waals surface area contributed by atoms with Crippen molar-refractivity contribution in [3.63, 3.8) is 0 Å². The van der Waals surface area contributed by atoms with Crippen LogP contribution in [0.1, 0.15) is 37.3 Å². The highest BCUT2D eigenvalue weighted by atomic mass is 16.5. The summed E-state index contributed by atoms with van der Waals surface area (Å²) in [7, 11) is 1.74. The molecule has 1 aliphatic rings. The van der Waals surface area contributed by atoms with E-state index in [4.69, 9.17) is 4.74 Å². The van der Waals surface area contributed by atoms with E-state index in [0.29, 0.717) is 12.5 Å². The number of nitrogens with one attached hydrogen (secondary N) is 1. The molecule has 1 fully saturated rings. The van der Waals surface area contributed by atoms with Gasteiger partial charge < -0.3 is 15.2 Å². The van der Waals surface area contributed by atoms with Crippen molar-refractivity contribution in [2.45, 2.75) is 37.8 Å². The van der Waals surface area contributed by atoms with Crippen LogP contribution in [0.25, 0.3) is 0 Å². The summed E-state index contributed by atoms with van der Waals surface area (Å²) in [5.74, 6) is 0.590. The zero-order valence-electron chi connectivity index (χ0n) is 11.7. The Labute approximate surface area is 116 Å². The molecule has 0 spiro atoms. The predicted molar refractivity (Wildman–Crippen MR) is 77.0 cm³/mol. The maximum atomic E-state index is 9.71. The summed E-state index contributed by atoms with van der Waals surface area (Å²) in [6.45, 7) is 1.64. The fourth-order valence-corrected chi connectivity index (χ4v) is 2.88. The minimum atomic E-state index is -0.0989. The maximum Gasteiger partial charge on any atom is 0.0657 e. The highest BCUT2D eigenvalue weighted by Crippen LogP contribution is 2.24. The highest BCUT2D eigenvalue weighted by Gasteiger charge is 2.21. The molecule has 106 valence electrons. The molecule has 1 aliphatic carbocycles. The lowest BCUT2D eigenvalue weighted by atomic mass is 9.87. The SMILES string of the molecule is COCC(NCC1CCCC(O)C1)c1ccccc1. The molecule has 3 unspecified atom stereocenters. The number of methoxy groups -OCH3 is 1. The Morgan fingerprint density at radius 1 is 1.32 bits per heavy atom. The van der Waals surface area contributed by atoms with E-state index in [2.05, 4.69) is 29.6 Å². The van der Waals surface area contributed by atoms with Crippen molar-refractivity contribution in [3.8, 4) is 0 Å². The third-order valence-corrected chi connectivity index (χ3v) is 3.94. The molecule has 3 nitrogen and oxygen atoms in total. The van der Waals surface area contributed by atoms with Gasteiger partial charge in [0.2, 0.25) is 0 Å². The van der Waals surface area contributed by atoms with Crippen molar-refractivity contribution < 1.29 is 9.84 Å². The molecule has 0 aromatic heterocycles. The molecule has 1 aromatic carbocycles. The predicted octanol–water partition coefficient (Wildman–Crippen LogP) is 2.51. The van der Waals surface area contributed by atoms with E-state index in [9.17, 15) is 5.11 Å². The Morgan fingerprint density at radius 3 is 2.79 bits per heavy atom. The second-order valence-electron chi connectivity index (χ2n) is 5.51. The number of aliphatic hydroxyl groups is 1. The molecule has 1 saturated carbocycles. The Kier molecular flexibility index (Phi) is 5.83. The second kappa shape index (κ2) is 7.63. The summed E-state index contributed by atoms with van der Waals surface area (Å²) in [6, 6.07) is 10.7. The van der Waals surface area contributed by atoms with Crippen LogP contribution < -0.4 is 5.32 Å². The first-order valence-corrected chi connectivity index (χ1v) is 7.25. The van der Waals surface area contributed by atoms with E-state index in [1.54, 1.807) is 7.11 Å². The van der Waals surface area contributed by atoms with Crippen molar-refractivity contribution >= 4 is 0 Å². The normalized spacial score (nSPS) is 25.2. The van der Waals surface area contributed by atoms with Crippen LogP contribution in [0.2, 0.25) is 0 Å². The van der Waals surface area contributed by atoms with Crippen LogP contribution in [0.15, 0.2) is 30.3 Å². The number of aliphatic hydroxyl groups excluding tert-OH is 1. The summed E-state index contributed by atoms with van der Waals surface area (Å²) < 4.78 is 5.31. The molecule has 19 heavy (non-hydrogen) atoms. The standard InChI is InChI=1S/C16H25NO2/c1-19-12-16(14-7-3-2-4-8-14)17-11-13-6-5-9-15(18)10-13/h2-4,7-8,13,15-18H,5-6,9-12H2,1H3. The minimum absolute atomic E-state index is 0.0989. The van der Waals surface area contributed by atoms with Crippen molar-refractivity contribution in [2.75, 3.05) is 20.3 Å². The Hall–Kier alpha value is -0.900. The highest BCUT2D eigenvalue weighted by molar-refractivity contribution is 5.18. The van der Waals surface area contributed by atoms with E-state index >= 15 is 0 Å². The number of hydrogen-bond donors (Lipinski definition) is 2. The maximum absolute atomic E-state index is 9.71. The first-order valence-electron chi connectivity index (χ1n) is 7.25. The lowest BCUT2D eigenvalue weighted by Gasteiger charge is -2.28. The largest absolute Gasteiger partial charge is 0.393 e. The second-order valence-corrected chi connectivity index (χ2v) is 5.51.